The predicted octanol–water partition coefficient (Wildman–Crippen LogP) is 7.93. The van der Waals surface area contributed by atoms with E-state index in [4.69, 9.17) is 0 Å². The minimum Gasteiger partial charge on any atom is -0.292 e. The van der Waals surface area contributed by atoms with Crippen molar-refractivity contribution in [2.24, 2.45) is 0 Å². The first-order valence-corrected chi connectivity index (χ1v) is 12.2. The lowest BCUT2D eigenvalue weighted by atomic mass is 9.93. The largest absolute Gasteiger partial charge is 0.292 e. The minimum absolute atomic E-state index is 0.309. The van der Waals surface area contributed by atoms with Crippen LogP contribution in [0.2, 0.25) is 0 Å². The Morgan fingerprint density at radius 2 is 0.971 bits per heavy atom. The van der Waals surface area contributed by atoms with Gasteiger partial charge in [0, 0.05) is 13.1 Å². The summed E-state index contributed by atoms with van der Waals surface area (Å²) in [6, 6.07) is 43.6. The van der Waals surface area contributed by atoms with Gasteiger partial charge in [-0.15, -0.1) is 0 Å². The summed E-state index contributed by atoms with van der Waals surface area (Å²) in [6.45, 7) is 2.14. The topological polar surface area (TPSA) is 3.24 Å². The summed E-state index contributed by atoms with van der Waals surface area (Å²) in [4.78, 5) is 2.64. The molecule has 0 amide bonds. The van der Waals surface area contributed by atoms with Crippen LogP contribution >= 0.6 is 0 Å². The predicted molar refractivity (Wildman–Crippen MR) is 144 cm³/mol. The summed E-state index contributed by atoms with van der Waals surface area (Å²) < 4.78 is 0. The summed E-state index contributed by atoms with van der Waals surface area (Å²) in [5, 5.41) is 0. The number of hydrogen-bond donors (Lipinski definition) is 0. The van der Waals surface area contributed by atoms with E-state index < -0.39 is 0 Å². The quantitative estimate of drug-likeness (QED) is 0.294. The maximum Gasteiger partial charge on any atom is 0.0602 e. The van der Waals surface area contributed by atoms with Crippen LogP contribution in [0.3, 0.4) is 0 Å². The van der Waals surface area contributed by atoms with E-state index in [1.807, 2.05) is 0 Å². The van der Waals surface area contributed by atoms with Crippen LogP contribution in [0, 0.1) is 0 Å². The average molecular weight is 442 g/mol. The Bertz CT molecular complexity index is 1130. The van der Waals surface area contributed by atoms with Crippen molar-refractivity contribution in [1.82, 2.24) is 4.90 Å². The van der Waals surface area contributed by atoms with Gasteiger partial charge in [-0.2, -0.15) is 0 Å². The van der Waals surface area contributed by atoms with Crippen molar-refractivity contribution in [3.05, 3.63) is 161 Å². The highest BCUT2D eigenvalue weighted by Gasteiger charge is 2.24. The first-order chi connectivity index (χ1) is 16.9. The van der Waals surface area contributed by atoms with Crippen LogP contribution in [-0.4, -0.2) is 18.0 Å². The first-order valence-electron chi connectivity index (χ1n) is 12.2. The van der Waals surface area contributed by atoms with E-state index in [-0.39, 0.29) is 0 Å². The normalized spacial score (nSPS) is 14.1. The van der Waals surface area contributed by atoms with Gasteiger partial charge in [0.25, 0.3) is 0 Å². The Hall–Kier alpha value is -3.68. The van der Waals surface area contributed by atoms with E-state index in [1.54, 1.807) is 0 Å². The molecule has 4 aromatic carbocycles. The number of rotatable bonds is 6. The lowest BCUT2D eigenvalue weighted by Crippen LogP contribution is -2.35. The highest BCUT2D eigenvalue weighted by molar-refractivity contribution is 5.80. The van der Waals surface area contributed by atoms with Crippen LogP contribution < -0.4 is 0 Å². The number of allylic oxidation sites excluding steroid dienone is 2. The van der Waals surface area contributed by atoms with E-state index in [0.717, 1.165) is 25.9 Å². The van der Waals surface area contributed by atoms with Gasteiger partial charge in [0.1, 0.15) is 0 Å². The van der Waals surface area contributed by atoms with Crippen LogP contribution in [0.5, 0.6) is 0 Å². The maximum absolute atomic E-state index is 2.64. The lowest BCUT2D eigenvalue weighted by molar-refractivity contribution is 0.210. The fraction of sp³-hybridized carbons (Fsp3) is 0.152. The van der Waals surface area contributed by atoms with Gasteiger partial charge in [-0.25, -0.2) is 0 Å². The third-order valence-corrected chi connectivity index (χ3v) is 6.69. The van der Waals surface area contributed by atoms with Gasteiger partial charge in [-0.05, 0) is 40.7 Å². The lowest BCUT2D eigenvalue weighted by Gasteiger charge is -2.36. The van der Waals surface area contributed by atoms with E-state index in [2.05, 4.69) is 138 Å². The molecule has 0 aromatic heterocycles. The van der Waals surface area contributed by atoms with E-state index >= 15 is 0 Å². The fourth-order valence-corrected chi connectivity index (χ4v) is 4.92. The molecule has 1 fully saturated rings. The van der Waals surface area contributed by atoms with Crippen LogP contribution in [0.4, 0.5) is 0 Å². The molecule has 1 saturated heterocycles. The van der Waals surface area contributed by atoms with Crippen molar-refractivity contribution >= 4 is 5.57 Å². The van der Waals surface area contributed by atoms with Crippen LogP contribution in [0.1, 0.15) is 41.1 Å². The molecule has 0 atom stereocenters. The zero-order valence-electron chi connectivity index (χ0n) is 19.6. The van der Waals surface area contributed by atoms with Gasteiger partial charge >= 0.3 is 0 Å². The zero-order valence-corrected chi connectivity index (χ0v) is 19.6. The molecule has 0 N–H and O–H groups in total. The van der Waals surface area contributed by atoms with Gasteiger partial charge in [-0.1, -0.05) is 139 Å². The van der Waals surface area contributed by atoms with Gasteiger partial charge in [0.15, 0.2) is 0 Å². The molecule has 1 nitrogen and oxygen atoms in total. The van der Waals surface area contributed by atoms with Crippen molar-refractivity contribution < 1.29 is 0 Å². The number of likely N-dealkylation sites (tertiary alicyclic amines) is 1. The van der Waals surface area contributed by atoms with Crippen LogP contribution in [-0.2, 0) is 0 Å². The zero-order chi connectivity index (χ0) is 23.0. The standard InChI is InChI=1S/C33H31N/c1-5-13-28(14-6-1)32(29-15-7-2-8-16-29)22-21-27-23-25-34(26-24-27)33(30-17-9-3-10-18-30)31-19-11-4-12-20-31/h1-22,33H,23-26H2. The highest BCUT2D eigenvalue weighted by atomic mass is 15.2. The number of nitrogens with zero attached hydrogens (tertiary/aromatic N) is 1. The van der Waals surface area contributed by atoms with Gasteiger partial charge in [0.2, 0.25) is 0 Å². The molecule has 4 aromatic rings. The van der Waals surface area contributed by atoms with Crippen molar-refractivity contribution in [1.29, 1.82) is 0 Å². The summed E-state index contributed by atoms with van der Waals surface area (Å²) in [5.74, 6) is 0. The highest BCUT2D eigenvalue weighted by Crippen LogP contribution is 2.32. The first kappa shape index (κ1) is 22.1. The van der Waals surface area contributed by atoms with Crippen molar-refractivity contribution in [2.45, 2.75) is 18.9 Å². The minimum atomic E-state index is 0.309. The number of benzene rings is 4. The molecule has 1 aliphatic heterocycles. The van der Waals surface area contributed by atoms with Crippen molar-refractivity contribution in [2.75, 3.05) is 13.1 Å². The number of piperidine rings is 1. The fourth-order valence-electron chi connectivity index (χ4n) is 4.92. The molecule has 34 heavy (non-hydrogen) atoms. The molecule has 0 radical (unpaired) electrons. The Balaban J connectivity index is 1.37. The van der Waals surface area contributed by atoms with E-state index in [0.29, 0.717) is 6.04 Å². The van der Waals surface area contributed by atoms with E-state index in [1.165, 1.54) is 33.4 Å². The smallest absolute Gasteiger partial charge is 0.0602 e. The summed E-state index contributed by atoms with van der Waals surface area (Å²) >= 11 is 0. The van der Waals surface area contributed by atoms with Gasteiger partial charge in [0.05, 0.1) is 6.04 Å². The third-order valence-electron chi connectivity index (χ3n) is 6.69. The van der Waals surface area contributed by atoms with Crippen LogP contribution in [0.25, 0.3) is 5.57 Å². The second-order valence-corrected chi connectivity index (χ2v) is 8.90. The Morgan fingerprint density at radius 3 is 1.41 bits per heavy atom. The molecule has 5 rings (SSSR count). The maximum atomic E-state index is 2.64. The summed E-state index contributed by atoms with van der Waals surface area (Å²) in [5.41, 5.74) is 8.07. The SMILES string of the molecule is C(C=C(c1ccccc1)c1ccccc1)=C1CCN(C(c2ccccc2)c2ccccc2)CC1. The molecule has 1 heterocycles. The summed E-state index contributed by atoms with van der Waals surface area (Å²) in [6.07, 6.45) is 6.89. The Morgan fingerprint density at radius 1 is 0.559 bits per heavy atom. The Labute approximate surface area is 203 Å². The van der Waals surface area contributed by atoms with Gasteiger partial charge in [-0.3, -0.25) is 4.90 Å². The van der Waals surface area contributed by atoms with Crippen molar-refractivity contribution in [3.63, 3.8) is 0 Å². The molecule has 0 aliphatic carbocycles. The third kappa shape index (κ3) is 5.27. The molecular weight excluding hydrogens is 410 g/mol. The monoisotopic (exact) mass is 441 g/mol. The molecule has 0 unspecified atom stereocenters. The molecular formula is C33H31N. The summed E-state index contributed by atoms with van der Waals surface area (Å²) in [7, 11) is 0. The second kappa shape index (κ2) is 11.0. The van der Waals surface area contributed by atoms with E-state index in [9.17, 15) is 0 Å². The van der Waals surface area contributed by atoms with Crippen molar-refractivity contribution in [3.8, 4) is 0 Å². The molecule has 0 spiro atoms. The molecule has 0 saturated carbocycles. The second-order valence-electron chi connectivity index (χ2n) is 8.90. The Kier molecular flexibility index (Phi) is 7.13. The number of hydrogen-bond acceptors (Lipinski definition) is 1. The average Bonchev–Trinajstić information content (AvgIpc) is 2.92. The molecule has 168 valence electrons. The molecule has 1 heteroatoms. The van der Waals surface area contributed by atoms with Crippen LogP contribution in [0.15, 0.2) is 139 Å². The molecule has 0 bridgehead atoms. The van der Waals surface area contributed by atoms with Gasteiger partial charge < -0.3 is 0 Å². The molecule has 1 aliphatic rings.